The Labute approximate surface area is 114 Å². The van der Waals surface area contributed by atoms with Crippen molar-refractivity contribution in [2.75, 3.05) is 14.2 Å². The molecule has 1 heterocycles. The maximum atomic E-state index is 10.1. The molecule has 1 aromatic heterocycles. The highest BCUT2D eigenvalue weighted by Crippen LogP contribution is 2.38. The SMILES string of the molecule is COc1cccc(-c2nc(CN=C=O)cs2)c1OC. The number of ether oxygens (including phenoxy) is 2. The fourth-order valence-electron chi connectivity index (χ4n) is 1.67. The molecule has 0 atom stereocenters. The second-order valence-corrected chi connectivity index (χ2v) is 4.45. The summed E-state index contributed by atoms with van der Waals surface area (Å²) in [5.41, 5.74) is 1.58. The number of methoxy groups -OCH3 is 2. The van der Waals surface area contributed by atoms with Crippen LogP contribution in [-0.4, -0.2) is 25.3 Å². The van der Waals surface area contributed by atoms with Gasteiger partial charge in [0.1, 0.15) is 5.01 Å². The Morgan fingerprint density at radius 3 is 2.89 bits per heavy atom. The third-order valence-corrected chi connectivity index (χ3v) is 3.42. The highest BCUT2D eigenvalue weighted by molar-refractivity contribution is 7.13. The summed E-state index contributed by atoms with van der Waals surface area (Å²) in [7, 11) is 3.18. The van der Waals surface area contributed by atoms with E-state index in [-0.39, 0.29) is 6.54 Å². The van der Waals surface area contributed by atoms with E-state index in [2.05, 4.69) is 9.98 Å². The fourth-order valence-corrected chi connectivity index (χ4v) is 2.50. The summed E-state index contributed by atoms with van der Waals surface area (Å²) in [4.78, 5) is 18.0. The van der Waals surface area contributed by atoms with E-state index in [9.17, 15) is 4.79 Å². The van der Waals surface area contributed by atoms with E-state index in [0.29, 0.717) is 11.5 Å². The predicted molar refractivity (Wildman–Crippen MR) is 72.5 cm³/mol. The van der Waals surface area contributed by atoms with Gasteiger partial charge in [0.2, 0.25) is 6.08 Å². The number of para-hydroxylation sites is 1. The lowest BCUT2D eigenvalue weighted by Crippen LogP contribution is -1.93. The standard InChI is InChI=1S/C13H12N2O3S/c1-17-11-5-3-4-10(12(11)18-2)13-15-9(7-19-13)6-14-8-16/h3-5,7H,6H2,1-2H3. The maximum Gasteiger partial charge on any atom is 0.235 e. The van der Waals surface area contributed by atoms with Crippen LogP contribution < -0.4 is 9.47 Å². The van der Waals surface area contributed by atoms with Crippen LogP contribution >= 0.6 is 11.3 Å². The molecule has 0 aliphatic heterocycles. The van der Waals surface area contributed by atoms with Gasteiger partial charge in [-0.3, -0.25) is 0 Å². The second kappa shape index (κ2) is 6.13. The van der Waals surface area contributed by atoms with Gasteiger partial charge in [0.15, 0.2) is 11.5 Å². The zero-order chi connectivity index (χ0) is 13.7. The Kier molecular flexibility index (Phi) is 4.28. The van der Waals surface area contributed by atoms with Crippen molar-refractivity contribution in [3.05, 3.63) is 29.3 Å². The molecule has 0 amide bonds. The fraction of sp³-hybridized carbons (Fsp3) is 0.231. The Hall–Kier alpha value is -2.17. The number of aliphatic imine (C=N–C) groups is 1. The Morgan fingerprint density at radius 1 is 1.37 bits per heavy atom. The normalized spacial score (nSPS) is 9.79. The molecule has 5 nitrogen and oxygen atoms in total. The van der Waals surface area contributed by atoms with Gasteiger partial charge in [-0.1, -0.05) is 6.07 Å². The largest absolute Gasteiger partial charge is 0.493 e. The second-order valence-electron chi connectivity index (χ2n) is 3.59. The first-order valence-corrected chi connectivity index (χ1v) is 6.37. The number of nitrogens with zero attached hydrogens (tertiary/aromatic N) is 2. The van der Waals surface area contributed by atoms with E-state index in [1.165, 1.54) is 17.4 Å². The third kappa shape index (κ3) is 2.81. The van der Waals surface area contributed by atoms with Gasteiger partial charge in [-0.25, -0.2) is 9.78 Å². The molecule has 0 aliphatic rings. The molecule has 0 spiro atoms. The van der Waals surface area contributed by atoms with Crippen LogP contribution in [0.5, 0.6) is 11.5 Å². The van der Waals surface area contributed by atoms with Crippen molar-refractivity contribution in [3.63, 3.8) is 0 Å². The summed E-state index contributed by atoms with van der Waals surface area (Å²) in [6.45, 7) is 0.242. The lowest BCUT2D eigenvalue weighted by Gasteiger charge is -2.10. The van der Waals surface area contributed by atoms with Crippen LogP contribution in [0.2, 0.25) is 0 Å². The number of hydrogen-bond acceptors (Lipinski definition) is 6. The molecular formula is C13H12N2O3S. The molecule has 0 saturated carbocycles. The molecule has 0 radical (unpaired) electrons. The van der Waals surface area contributed by atoms with Crippen LogP contribution in [0.25, 0.3) is 10.6 Å². The van der Waals surface area contributed by atoms with E-state index in [0.717, 1.165) is 16.3 Å². The number of aromatic nitrogens is 1. The van der Waals surface area contributed by atoms with Crippen LogP contribution in [0.15, 0.2) is 28.6 Å². The van der Waals surface area contributed by atoms with Crippen molar-refractivity contribution in [2.45, 2.75) is 6.54 Å². The molecule has 1 aromatic carbocycles. The molecule has 0 bridgehead atoms. The summed E-state index contributed by atoms with van der Waals surface area (Å²) >= 11 is 1.47. The predicted octanol–water partition coefficient (Wildman–Crippen LogP) is 2.66. The zero-order valence-electron chi connectivity index (χ0n) is 10.5. The molecule has 0 N–H and O–H groups in total. The van der Waals surface area contributed by atoms with E-state index in [4.69, 9.17) is 9.47 Å². The Bertz CT molecular complexity index is 618. The summed E-state index contributed by atoms with van der Waals surface area (Å²) in [6.07, 6.45) is 1.50. The quantitative estimate of drug-likeness (QED) is 0.622. The molecule has 0 aliphatic carbocycles. The number of isocyanates is 1. The number of thiazole rings is 1. The van der Waals surface area contributed by atoms with Gasteiger partial charge in [-0.15, -0.1) is 11.3 Å². The van der Waals surface area contributed by atoms with E-state index in [1.54, 1.807) is 14.2 Å². The molecule has 98 valence electrons. The number of rotatable bonds is 5. The summed E-state index contributed by atoms with van der Waals surface area (Å²) in [6, 6.07) is 5.61. The summed E-state index contributed by atoms with van der Waals surface area (Å²) in [5, 5.41) is 2.65. The van der Waals surface area contributed by atoms with Gasteiger partial charge in [-0.05, 0) is 12.1 Å². The molecule has 0 saturated heterocycles. The van der Waals surface area contributed by atoms with Gasteiger partial charge in [0, 0.05) is 5.38 Å². The maximum absolute atomic E-state index is 10.1. The van der Waals surface area contributed by atoms with Gasteiger partial charge >= 0.3 is 0 Å². The molecule has 2 aromatic rings. The van der Waals surface area contributed by atoms with E-state index < -0.39 is 0 Å². The van der Waals surface area contributed by atoms with Crippen molar-refractivity contribution < 1.29 is 14.3 Å². The first-order chi connectivity index (χ1) is 9.30. The highest BCUT2D eigenvalue weighted by Gasteiger charge is 2.14. The van der Waals surface area contributed by atoms with Crippen molar-refractivity contribution >= 4 is 17.4 Å². The minimum absolute atomic E-state index is 0.242. The average Bonchev–Trinajstić information content (AvgIpc) is 2.92. The Morgan fingerprint density at radius 2 is 2.21 bits per heavy atom. The molecule has 19 heavy (non-hydrogen) atoms. The van der Waals surface area contributed by atoms with Gasteiger partial charge in [-0.2, -0.15) is 4.99 Å². The van der Waals surface area contributed by atoms with Crippen molar-refractivity contribution in [1.29, 1.82) is 0 Å². The number of benzene rings is 1. The van der Waals surface area contributed by atoms with Gasteiger partial charge < -0.3 is 9.47 Å². The number of carbonyl (C=O) groups excluding carboxylic acids is 1. The van der Waals surface area contributed by atoms with Crippen LogP contribution in [0, 0.1) is 0 Å². The average molecular weight is 276 g/mol. The highest BCUT2D eigenvalue weighted by atomic mass is 32.1. The first-order valence-electron chi connectivity index (χ1n) is 5.49. The van der Waals surface area contributed by atoms with Crippen LogP contribution in [0.4, 0.5) is 0 Å². The van der Waals surface area contributed by atoms with Crippen molar-refractivity contribution in [2.24, 2.45) is 4.99 Å². The minimum atomic E-state index is 0.242. The van der Waals surface area contributed by atoms with Crippen molar-refractivity contribution in [3.8, 4) is 22.1 Å². The smallest absolute Gasteiger partial charge is 0.235 e. The molecule has 0 unspecified atom stereocenters. The van der Waals surface area contributed by atoms with E-state index in [1.807, 2.05) is 23.6 Å². The first kappa shape index (κ1) is 13.3. The lowest BCUT2D eigenvalue weighted by molar-refractivity contribution is 0.356. The molecule has 6 heteroatoms. The number of hydrogen-bond donors (Lipinski definition) is 0. The molecule has 2 rings (SSSR count). The van der Waals surface area contributed by atoms with E-state index >= 15 is 0 Å². The van der Waals surface area contributed by atoms with Crippen LogP contribution in [0.3, 0.4) is 0 Å². The van der Waals surface area contributed by atoms with Crippen LogP contribution in [-0.2, 0) is 11.3 Å². The van der Waals surface area contributed by atoms with Crippen LogP contribution in [0.1, 0.15) is 5.69 Å². The van der Waals surface area contributed by atoms with Crippen molar-refractivity contribution in [1.82, 2.24) is 4.98 Å². The zero-order valence-corrected chi connectivity index (χ0v) is 11.4. The minimum Gasteiger partial charge on any atom is -0.493 e. The lowest BCUT2D eigenvalue weighted by atomic mass is 10.2. The molecular weight excluding hydrogens is 264 g/mol. The monoisotopic (exact) mass is 276 g/mol. The summed E-state index contributed by atoms with van der Waals surface area (Å²) < 4.78 is 10.6. The topological polar surface area (TPSA) is 60.8 Å². The van der Waals surface area contributed by atoms with Gasteiger partial charge in [0.25, 0.3) is 0 Å². The Balaban J connectivity index is 2.41. The third-order valence-electron chi connectivity index (χ3n) is 2.49. The molecule has 0 fully saturated rings. The van der Waals surface area contributed by atoms with Gasteiger partial charge in [0.05, 0.1) is 32.0 Å². The summed E-state index contributed by atoms with van der Waals surface area (Å²) in [5.74, 6) is 1.30.